The van der Waals surface area contributed by atoms with Crippen molar-refractivity contribution in [2.45, 2.75) is 25.9 Å². The van der Waals surface area contributed by atoms with E-state index in [1.54, 1.807) is 0 Å². The van der Waals surface area contributed by atoms with Gasteiger partial charge in [-0.15, -0.1) is 0 Å². The maximum Gasteiger partial charge on any atom is 0.142 e. The highest BCUT2D eigenvalue weighted by atomic mass is 16.6. The Morgan fingerprint density at radius 3 is 2.83 bits per heavy atom. The van der Waals surface area contributed by atoms with E-state index in [9.17, 15) is 0 Å². The molecule has 2 nitrogen and oxygen atoms in total. The minimum atomic E-state index is 0.259. The van der Waals surface area contributed by atoms with Gasteiger partial charge in [-0.25, -0.2) is 0 Å². The average Bonchev–Trinajstić information content (AvgIpc) is 2.75. The van der Waals surface area contributed by atoms with Gasteiger partial charge < -0.3 is 4.84 Å². The van der Waals surface area contributed by atoms with E-state index in [0.29, 0.717) is 5.92 Å². The second-order valence-electron chi connectivity index (χ2n) is 3.21. The van der Waals surface area contributed by atoms with Crippen molar-refractivity contribution in [1.29, 1.82) is 0 Å². The topological polar surface area (TPSA) is 21.6 Å². The maximum absolute atomic E-state index is 5.33. The molecule has 0 amide bonds. The zero-order valence-corrected chi connectivity index (χ0v) is 7.23. The number of rotatable bonds is 2. The third-order valence-electron chi connectivity index (χ3n) is 2.37. The first-order valence-electron chi connectivity index (χ1n) is 4.46. The molecule has 0 aromatic rings. The molecule has 64 valence electrons. The largest absolute Gasteiger partial charge is 0.391 e. The fraction of sp³-hybridized carbons (Fsp3) is 0.500. The quantitative estimate of drug-likeness (QED) is 0.612. The molecular weight excluding hydrogens is 150 g/mol. The molecule has 0 aromatic heterocycles. The summed E-state index contributed by atoms with van der Waals surface area (Å²) in [6.45, 7) is 2.12. The SMILES string of the molecule is CCC1=NOC(C2C=CC=C2)C1. The van der Waals surface area contributed by atoms with Gasteiger partial charge in [0, 0.05) is 12.3 Å². The molecule has 0 saturated heterocycles. The summed E-state index contributed by atoms with van der Waals surface area (Å²) in [5.74, 6) is 0.442. The molecule has 1 heterocycles. The third kappa shape index (κ3) is 1.29. The zero-order valence-electron chi connectivity index (χ0n) is 7.23. The molecule has 12 heavy (non-hydrogen) atoms. The summed E-state index contributed by atoms with van der Waals surface area (Å²) >= 11 is 0. The minimum Gasteiger partial charge on any atom is -0.391 e. The molecule has 0 fully saturated rings. The normalized spacial score (nSPS) is 27.8. The van der Waals surface area contributed by atoms with Gasteiger partial charge >= 0.3 is 0 Å². The summed E-state index contributed by atoms with van der Waals surface area (Å²) in [4.78, 5) is 5.33. The summed E-state index contributed by atoms with van der Waals surface area (Å²) in [5, 5.41) is 4.03. The number of hydrogen-bond acceptors (Lipinski definition) is 2. The Balaban J connectivity index is 1.94. The van der Waals surface area contributed by atoms with E-state index in [-0.39, 0.29) is 6.10 Å². The standard InChI is InChI=1S/C10H13NO/c1-2-9-7-10(12-11-9)8-5-3-4-6-8/h3-6,8,10H,2,7H2,1H3. The van der Waals surface area contributed by atoms with Crippen molar-refractivity contribution in [1.82, 2.24) is 0 Å². The van der Waals surface area contributed by atoms with Crippen molar-refractivity contribution >= 4 is 5.71 Å². The fourth-order valence-electron chi connectivity index (χ4n) is 1.56. The molecule has 0 saturated carbocycles. The Kier molecular flexibility index (Phi) is 1.98. The lowest BCUT2D eigenvalue weighted by molar-refractivity contribution is 0.0683. The first-order valence-corrected chi connectivity index (χ1v) is 4.46. The predicted octanol–water partition coefficient (Wildman–Crippen LogP) is 2.28. The number of nitrogens with zero attached hydrogens (tertiary/aromatic N) is 1. The van der Waals surface area contributed by atoms with Crippen LogP contribution in [-0.2, 0) is 4.84 Å². The van der Waals surface area contributed by atoms with E-state index in [4.69, 9.17) is 4.84 Å². The average molecular weight is 163 g/mol. The molecular formula is C10H13NO. The van der Waals surface area contributed by atoms with Gasteiger partial charge in [-0.1, -0.05) is 36.4 Å². The second kappa shape index (κ2) is 3.13. The smallest absolute Gasteiger partial charge is 0.142 e. The monoisotopic (exact) mass is 163 g/mol. The van der Waals surface area contributed by atoms with Gasteiger partial charge in [0.05, 0.1) is 5.71 Å². The van der Waals surface area contributed by atoms with E-state index >= 15 is 0 Å². The lowest BCUT2D eigenvalue weighted by Crippen LogP contribution is -2.15. The molecule has 0 bridgehead atoms. The van der Waals surface area contributed by atoms with Gasteiger partial charge in [0.1, 0.15) is 6.10 Å². The molecule has 0 radical (unpaired) electrons. The number of hydrogen-bond donors (Lipinski definition) is 0. The third-order valence-corrected chi connectivity index (χ3v) is 2.37. The van der Waals surface area contributed by atoms with Crippen LogP contribution >= 0.6 is 0 Å². The van der Waals surface area contributed by atoms with Crippen LogP contribution in [0.2, 0.25) is 0 Å². The van der Waals surface area contributed by atoms with Gasteiger partial charge in [0.15, 0.2) is 0 Å². The lowest BCUT2D eigenvalue weighted by Gasteiger charge is -2.11. The summed E-state index contributed by atoms with van der Waals surface area (Å²) in [5.41, 5.74) is 1.19. The highest BCUT2D eigenvalue weighted by Crippen LogP contribution is 2.24. The summed E-state index contributed by atoms with van der Waals surface area (Å²) < 4.78 is 0. The highest BCUT2D eigenvalue weighted by Gasteiger charge is 2.26. The van der Waals surface area contributed by atoms with Gasteiger partial charge in [0.25, 0.3) is 0 Å². The first-order chi connectivity index (χ1) is 5.90. The van der Waals surface area contributed by atoms with Crippen LogP contribution in [0, 0.1) is 5.92 Å². The molecule has 1 atom stereocenters. The predicted molar refractivity (Wildman–Crippen MR) is 49.0 cm³/mol. The molecule has 2 rings (SSSR count). The van der Waals surface area contributed by atoms with E-state index in [2.05, 4.69) is 36.4 Å². The van der Waals surface area contributed by atoms with E-state index < -0.39 is 0 Å². The van der Waals surface area contributed by atoms with Crippen molar-refractivity contribution in [3.05, 3.63) is 24.3 Å². The summed E-state index contributed by atoms with van der Waals surface area (Å²) in [6.07, 6.45) is 10.7. The van der Waals surface area contributed by atoms with Crippen molar-refractivity contribution in [2.24, 2.45) is 11.1 Å². The Labute approximate surface area is 72.6 Å². The lowest BCUT2D eigenvalue weighted by atomic mass is 9.99. The van der Waals surface area contributed by atoms with Crippen LogP contribution in [0.5, 0.6) is 0 Å². The summed E-state index contributed by atoms with van der Waals surface area (Å²) in [6, 6.07) is 0. The number of allylic oxidation sites excluding steroid dienone is 2. The van der Waals surface area contributed by atoms with E-state index in [1.807, 2.05) is 0 Å². The Morgan fingerprint density at radius 1 is 1.50 bits per heavy atom. The van der Waals surface area contributed by atoms with Gasteiger partial charge in [-0.3, -0.25) is 0 Å². The molecule has 0 N–H and O–H groups in total. The Bertz CT molecular complexity index is 241. The van der Waals surface area contributed by atoms with Crippen molar-refractivity contribution in [3.63, 3.8) is 0 Å². The molecule has 2 aliphatic rings. The first kappa shape index (κ1) is 7.59. The van der Waals surface area contributed by atoms with Crippen LogP contribution in [0.15, 0.2) is 29.5 Å². The highest BCUT2D eigenvalue weighted by molar-refractivity contribution is 5.85. The number of oxime groups is 1. The van der Waals surface area contributed by atoms with Crippen molar-refractivity contribution in [2.75, 3.05) is 0 Å². The molecule has 1 aliphatic carbocycles. The maximum atomic E-state index is 5.33. The van der Waals surface area contributed by atoms with Crippen LogP contribution < -0.4 is 0 Å². The molecule has 0 aromatic carbocycles. The minimum absolute atomic E-state index is 0.259. The van der Waals surface area contributed by atoms with E-state index in [1.165, 1.54) is 5.71 Å². The van der Waals surface area contributed by atoms with Crippen LogP contribution in [0.1, 0.15) is 19.8 Å². The van der Waals surface area contributed by atoms with Gasteiger partial charge in [0.2, 0.25) is 0 Å². The molecule has 0 spiro atoms. The second-order valence-corrected chi connectivity index (χ2v) is 3.21. The van der Waals surface area contributed by atoms with Crippen molar-refractivity contribution < 1.29 is 4.84 Å². The van der Waals surface area contributed by atoms with Crippen LogP contribution in [0.25, 0.3) is 0 Å². The van der Waals surface area contributed by atoms with E-state index in [0.717, 1.165) is 12.8 Å². The molecule has 1 aliphatic heterocycles. The van der Waals surface area contributed by atoms with Crippen LogP contribution in [-0.4, -0.2) is 11.8 Å². The van der Waals surface area contributed by atoms with Gasteiger partial charge in [-0.05, 0) is 6.42 Å². The Morgan fingerprint density at radius 2 is 2.25 bits per heavy atom. The Hall–Kier alpha value is -1.05. The molecule has 1 unspecified atom stereocenters. The van der Waals surface area contributed by atoms with Crippen molar-refractivity contribution in [3.8, 4) is 0 Å². The van der Waals surface area contributed by atoms with Gasteiger partial charge in [-0.2, -0.15) is 0 Å². The summed E-state index contributed by atoms with van der Waals surface area (Å²) in [7, 11) is 0. The van der Waals surface area contributed by atoms with Crippen LogP contribution in [0.3, 0.4) is 0 Å². The molecule has 2 heteroatoms. The fourth-order valence-corrected chi connectivity index (χ4v) is 1.56. The zero-order chi connectivity index (χ0) is 8.39. The van der Waals surface area contributed by atoms with Crippen LogP contribution in [0.4, 0.5) is 0 Å².